The number of nitrogens with zero attached hydrogens (tertiary/aromatic N) is 2. The Morgan fingerprint density at radius 3 is 2.70 bits per heavy atom. The van der Waals surface area contributed by atoms with E-state index in [2.05, 4.69) is 28.8 Å². The number of hydrogen-bond donors (Lipinski definition) is 2. The number of carbonyl (C=O) groups excluding carboxylic acids is 1. The second-order valence-corrected chi connectivity index (χ2v) is 9.95. The number of amides is 2. The Labute approximate surface area is 161 Å². The average Bonchev–Trinajstić information content (AvgIpc) is 3.35. The highest BCUT2D eigenvalue weighted by Gasteiger charge is 2.45. The normalized spacial score (nSPS) is 26.5. The number of nitrogens with one attached hydrogen (secondary N) is 2. The Morgan fingerprint density at radius 2 is 2.00 bits per heavy atom. The van der Waals surface area contributed by atoms with E-state index in [0.717, 1.165) is 31.5 Å². The van der Waals surface area contributed by atoms with Crippen molar-refractivity contribution in [2.24, 2.45) is 5.92 Å². The van der Waals surface area contributed by atoms with Gasteiger partial charge in [-0.25, -0.2) is 17.9 Å². The minimum atomic E-state index is -3.61. The molecule has 1 aromatic rings. The number of carbonyl (C=O) groups is 1. The monoisotopic (exact) mass is 392 g/mol. The van der Waals surface area contributed by atoms with Gasteiger partial charge in [-0.2, -0.15) is 0 Å². The van der Waals surface area contributed by atoms with Crippen molar-refractivity contribution in [1.82, 2.24) is 14.9 Å². The van der Waals surface area contributed by atoms with E-state index in [1.807, 2.05) is 12.1 Å². The van der Waals surface area contributed by atoms with E-state index in [0.29, 0.717) is 23.9 Å². The number of benzene rings is 1. The van der Waals surface area contributed by atoms with Gasteiger partial charge in [-0.15, -0.1) is 0 Å². The first-order valence-corrected chi connectivity index (χ1v) is 11.3. The number of fused-ring (bicyclic) bond motifs is 2. The van der Waals surface area contributed by atoms with Crippen LogP contribution in [0.5, 0.6) is 0 Å². The molecule has 1 aromatic carbocycles. The van der Waals surface area contributed by atoms with Crippen molar-refractivity contribution in [2.75, 3.05) is 24.5 Å². The molecule has 0 unspecified atom stereocenters. The maximum atomic E-state index is 12.9. The van der Waals surface area contributed by atoms with Gasteiger partial charge in [-0.1, -0.05) is 26.0 Å². The maximum absolute atomic E-state index is 12.9. The highest BCUT2D eigenvalue weighted by molar-refractivity contribution is 7.89. The molecular formula is C19H28N4O3S. The van der Waals surface area contributed by atoms with Crippen molar-refractivity contribution in [3.8, 4) is 0 Å². The molecular weight excluding hydrogens is 364 g/mol. The van der Waals surface area contributed by atoms with Gasteiger partial charge in [0.15, 0.2) is 0 Å². The molecule has 2 N–H and O–H groups in total. The van der Waals surface area contributed by atoms with E-state index < -0.39 is 10.0 Å². The van der Waals surface area contributed by atoms with E-state index in [9.17, 15) is 13.2 Å². The molecule has 2 heterocycles. The fourth-order valence-corrected chi connectivity index (χ4v) is 5.40. The Balaban J connectivity index is 1.65. The molecule has 148 valence electrons. The average molecular weight is 393 g/mol. The number of anilines is 1. The van der Waals surface area contributed by atoms with Crippen LogP contribution in [-0.2, 0) is 10.0 Å². The van der Waals surface area contributed by atoms with Crippen LogP contribution in [0.15, 0.2) is 29.2 Å². The molecule has 27 heavy (non-hydrogen) atoms. The molecule has 0 radical (unpaired) electrons. The number of likely N-dealkylation sites (tertiary alicyclic amines) is 1. The molecule has 4 rings (SSSR count). The molecule has 3 aliphatic rings. The van der Waals surface area contributed by atoms with E-state index in [1.54, 1.807) is 17.0 Å². The summed E-state index contributed by atoms with van der Waals surface area (Å²) in [7, 11) is -3.61. The summed E-state index contributed by atoms with van der Waals surface area (Å²) in [5.74, 6) is 0.513. The van der Waals surface area contributed by atoms with E-state index in [-0.39, 0.29) is 24.2 Å². The molecule has 2 atom stereocenters. The van der Waals surface area contributed by atoms with Crippen LogP contribution >= 0.6 is 0 Å². The lowest BCUT2D eigenvalue weighted by molar-refractivity contribution is 0.207. The van der Waals surface area contributed by atoms with Crippen LogP contribution in [0.3, 0.4) is 0 Å². The van der Waals surface area contributed by atoms with Crippen LogP contribution in [0, 0.1) is 5.92 Å². The second-order valence-electron chi connectivity index (χ2n) is 8.27. The number of para-hydroxylation sites is 1. The first kappa shape index (κ1) is 18.6. The van der Waals surface area contributed by atoms with Gasteiger partial charge in [0.2, 0.25) is 10.0 Å². The van der Waals surface area contributed by atoms with Crippen LogP contribution in [-0.4, -0.2) is 57.1 Å². The summed E-state index contributed by atoms with van der Waals surface area (Å²) in [4.78, 5) is 16.8. The van der Waals surface area contributed by atoms with Crippen molar-refractivity contribution in [3.05, 3.63) is 24.3 Å². The van der Waals surface area contributed by atoms with Gasteiger partial charge in [-0.05, 0) is 37.3 Å². The van der Waals surface area contributed by atoms with E-state index >= 15 is 0 Å². The molecule has 2 fully saturated rings. The lowest BCUT2D eigenvalue weighted by Gasteiger charge is -2.33. The van der Waals surface area contributed by atoms with Gasteiger partial charge in [0.05, 0.1) is 17.8 Å². The van der Waals surface area contributed by atoms with Crippen LogP contribution in [0.25, 0.3) is 0 Å². The summed E-state index contributed by atoms with van der Waals surface area (Å²) in [6.07, 6.45) is 3.03. The molecule has 8 heteroatoms. The summed E-state index contributed by atoms with van der Waals surface area (Å²) < 4.78 is 28.7. The summed E-state index contributed by atoms with van der Waals surface area (Å²) >= 11 is 0. The standard InChI is InChI=1S/C19H28N4O3S/c1-13(2)9-10-23-16-5-3-4-6-18(16)27(25,26)21-15-11-22(12-17(15)23)19(24)20-14-7-8-14/h3-6,13-15,17,21H,7-12H2,1-2H3,(H,20,24)/t15-,17+/m0/s1. The van der Waals surface area contributed by atoms with Crippen LogP contribution < -0.4 is 14.9 Å². The topological polar surface area (TPSA) is 81.8 Å². The van der Waals surface area contributed by atoms with Crippen LogP contribution in [0.4, 0.5) is 10.5 Å². The Kier molecular flexibility index (Phi) is 4.80. The lowest BCUT2D eigenvalue weighted by Crippen LogP contribution is -2.49. The minimum Gasteiger partial charge on any atom is -0.364 e. The van der Waals surface area contributed by atoms with E-state index in [1.165, 1.54) is 0 Å². The fourth-order valence-electron chi connectivity index (χ4n) is 3.92. The smallest absolute Gasteiger partial charge is 0.317 e. The largest absolute Gasteiger partial charge is 0.364 e. The molecule has 1 aliphatic carbocycles. The van der Waals surface area contributed by atoms with Crippen molar-refractivity contribution in [1.29, 1.82) is 0 Å². The van der Waals surface area contributed by atoms with Crippen molar-refractivity contribution >= 4 is 21.7 Å². The third-order valence-corrected chi connectivity index (χ3v) is 7.14. The quantitative estimate of drug-likeness (QED) is 0.818. The maximum Gasteiger partial charge on any atom is 0.317 e. The zero-order valence-electron chi connectivity index (χ0n) is 15.9. The number of urea groups is 1. The molecule has 7 nitrogen and oxygen atoms in total. The highest BCUT2D eigenvalue weighted by Crippen LogP contribution is 2.34. The zero-order valence-corrected chi connectivity index (χ0v) is 16.7. The molecule has 0 aromatic heterocycles. The predicted molar refractivity (Wildman–Crippen MR) is 104 cm³/mol. The third kappa shape index (κ3) is 3.78. The SMILES string of the molecule is CC(C)CCN1c2ccccc2S(=O)(=O)N[C@H]2CN(C(=O)NC3CC3)C[C@H]21. The first-order valence-electron chi connectivity index (χ1n) is 9.78. The van der Waals surface area contributed by atoms with Crippen molar-refractivity contribution in [2.45, 2.75) is 56.1 Å². The Hall–Kier alpha value is -1.80. The Bertz CT molecular complexity index is 822. The molecule has 2 amide bonds. The lowest BCUT2D eigenvalue weighted by atomic mass is 10.1. The summed E-state index contributed by atoms with van der Waals surface area (Å²) in [6, 6.07) is 7.02. The zero-order chi connectivity index (χ0) is 19.2. The Morgan fingerprint density at radius 1 is 1.26 bits per heavy atom. The van der Waals surface area contributed by atoms with Gasteiger partial charge in [-0.3, -0.25) is 0 Å². The predicted octanol–water partition coefficient (Wildman–Crippen LogP) is 1.76. The first-order chi connectivity index (χ1) is 12.8. The second kappa shape index (κ2) is 6.98. The van der Waals surface area contributed by atoms with E-state index in [4.69, 9.17) is 0 Å². The van der Waals surface area contributed by atoms with Gasteiger partial charge in [0.25, 0.3) is 0 Å². The summed E-state index contributed by atoms with van der Waals surface area (Å²) in [6.45, 7) is 6.03. The molecule has 2 aliphatic heterocycles. The van der Waals surface area contributed by atoms with Crippen LogP contribution in [0.2, 0.25) is 0 Å². The van der Waals surface area contributed by atoms with Crippen LogP contribution in [0.1, 0.15) is 33.1 Å². The molecule has 0 spiro atoms. The number of hydrogen-bond acceptors (Lipinski definition) is 4. The number of rotatable bonds is 4. The highest BCUT2D eigenvalue weighted by atomic mass is 32.2. The molecule has 1 saturated carbocycles. The third-order valence-electron chi connectivity index (χ3n) is 5.60. The van der Waals surface area contributed by atoms with Gasteiger partial charge < -0.3 is 15.1 Å². The number of sulfonamides is 1. The molecule has 1 saturated heterocycles. The van der Waals surface area contributed by atoms with Gasteiger partial charge in [0, 0.05) is 25.7 Å². The fraction of sp³-hybridized carbons (Fsp3) is 0.632. The minimum absolute atomic E-state index is 0.0628. The van der Waals surface area contributed by atoms with Gasteiger partial charge >= 0.3 is 6.03 Å². The summed E-state index contributed by atoms with van der Waals surface area (Å²) in [5.41, 5.74) is 0.739. The summed E-state index contributed by atoms with van der Waals surface area (Å²) in [5, 5.41) is 3.02. The van der Waals surface area contributed by atoms with Crippen molar-refractivity contribution < 1.29 is 13.2 Å². The van der Waals surface area contributed by atoms with Crippen molar-refractivity contribution in [3.63, 3.8) is 0 Å². The van der Waals surface area contributed by atoms with Gasteiger partial charge in [0.1, 0.15) is 4.90 Å². The molecule has 0 bridgehead atoms.